The van der Waals surface area contributed by atoms with Crippen LogP contribution >= 0.6 is 11.6 Å². The van der Waals surface area contributed by atoms with Crippen molar-refractivity contribution in [2.45, 2.75) is 31.8 Å². The normalized spacial score (nSPS) is 18.6. The molecule has 1 fully saturated rings. The predicted octanol–water partition coefficient (Wildman–Crippen LogP) is 3.07. The van der Waals surface area contributed by atoms with Gasteiger partial charge in [0.05, 0.1) is 11.8 Å². The minimum atomic E-state index is -0.186. The Morgan fingerprint density at radius 3 is 2.60 bits per heavy atom. The fraction of sp³-hybridized carbons (Fsp3) is 0.429. The van der Waals surface area contributed by atoms with Crippen LogP contribution in [0.2, 0.25) is 5.02 Å². The highest BCUT2D eigenvalue weighted by Gasteiger charge is 2.19. The summed E-state index contributed by atoms with van der Waals surface area (Å²) < 4.78 is 5.56. The molecule has 1 aromatic rings. The third kappa shape index (κ3) is 4.51. The number of hydrogen-bond acceptors (Lipinski definition) is 4. The Balaban J connectivity index is 1.71. The van der Waals surface area contributed by atoms with Gasteiger partial charge in [0.1, 0.15) is 6.61 Å². The quantitative estimate of drug-likeness (QED) is 0.662. The van der Waals surface area contributed by atoms with Crippen LogP contribution in [0, 0.1) is 0 Å². The topological polar surface area (TPSA) is 70.9 Å². The zero-order valence-electron chi connectivity index (χ0n) is 11.0. The van der Waals surface area contributed by atoms with Gasteiger partial charge in [0.2, 0.25) is 5.91 Å². The van der Waals surface area contributed by atoms with Crippen molar-refractivity contribution in [2.75, 3.05) is 11.9 Å². The number of hydrogen-bond donors (Lipinski definition) is 2. The fourth-order valence-electron chi connectivity index (χ4n) is 2.12. The molecule has 0 aromatic heterocycles. The second-order valence-corrected chi connectivity index (χ2v) is 5.17. The molecule has 1 aromatic carbocycles. The fourth-order valence-corrected chi connectivity index (χ4v) is 2.24. The molecule has 1 saturated carbocycles. The highest BCUT2D eigenvalue weighted by molar-refractivity contribution is 6.30. The van der Waals surface area contributed by atoms with Crippen LogP contribution in [-0.4, -0.2) is 29.5 Å². The van der Waals surface area contributed by atoms with Crippen LogP contribution < -0.4 is 5.32 Å². The molecule has 0 heterocycles. The molecule has 0 radical (unpaired) electrons. The van der Waals surface area contributed by atoms with Crippen LogP contribution in [0.25, 0.3) is 0 Å². The average Bonchev–Trinajstić information content (AvgIpc) is 2.48. The summed E-state index contributed by atoms with van der Waals surface area (Å²) in [7, 11) is 0. The molecular formula is C14H17ClN2O3. The van der Waals surface area contributed by atoms with Crippen LogP contribution in [0.4, 0.5) is 5.69 Å². The lowest BCUT2D eigenvalue weighted by molar-refractivity contribution is -0.122. The van der Waals surface area contributed by atoms with E-state index in [0.29, 0.717) is 10.7 Å². The first-order valence-corrected chi connectivity index (χ1v) is 6.92. The first-order valence-electron chi connectivity index (χ1n) is 6.54. The van der Waals surface area contributed by atoms with Gasteiger partial charge in [-0.1, -0.05) is 16.8 Å². The van der Waals surface area contributed by atoms with E-state index in [0.717, 1.165) is 31.4 Å². The van der Waals surface area contributed by atoms with Gasteiger partial charge in [-0.15, -0.1) is 0 Å². The van der Waals surface area contributed by atoms with Crippen molar-refractivity contribution in [3.8, 4) is 0 Å². The second kappa shape index (κ2) is 7.26. The van der Waals surface area contributed by atoms with E-state index in [-0.39, 0.29) is 18.6 Å². The number of oxime groups is 1. The van der Waals surface area contributed by atoms with E-state index in [4.69, 9.17) is 21.5 Å². The molecule has 0 aliphatic heterocycles. The molecule has 2 N–H and O–H groups in total. The molecule has 108 valence electrons. The van der Waals surface area contributed by atoms with Crippen LogP contribution in [-0.2, 0) is 9.53 Å². The maximum Gasteiger partial charge on any atom is 0.250 e. The monoisotopic (exact) mass is 296 g/mol. The Bertz CT molecular complexity index is 478. The number of carbonyl (C=O) groups excluding carboxylic acids is 1. The molecule has 0 atom stereocenters. The minimum absolute atomic E-state index is 0.0267. The number of anilines is 1. The maximum atomic E-state index is 11.7. The van der Waals surface area contributed by atoms with Gasteiger partial charge in [0.25, 0.3) is 0 Å². The Labute approximate surface area is 122 Å². The van der Waals surface area contributed by atoms with Gasteiger partial charge >= 0.3 is 0 Å². The molecule has 5 nitrogen and oxygen atoms in total. The lowest BCUT2D eigenvalue weighted by atomic mass is 9.96. The van der Waals surface area contributed by atoms with Crippen LogP contribution in [0.3, 0.4) is 0 Å². The lowest BCUT2D eigenvalue weighted by Crippen LogP contribution is -2.26. The molecular weight excluding hydrogens is 280 g/mol. The second-order valence-electron chi connectivity index (χ2n) is 4.73. The van der Waals surface area contributed by atoms with E-state index in [2.05, 4.69) is 10.5 Å². The van der Waals surface area contributed by atoms with Crippen molar-refractivity contribution < 1.29 is 14.7 Å². The molecule has 2 rings (SSSR count). The maximum absolute atomic E-state index is 11.7. The zero-order chi connectivity index (χ0) is 14.4. The third-order valence-electron chi connectivity index (χ3n) is 3.23. The van der Waals surface area contributed by atoms with Crippen molar-refractivity contribution >= 4 is 28.9 Å². The summed E-state index contributed by atoms with van der Waals surface area (Å²) in [4.78, 5) is 11.7. The molecule has 20 heavy (non-hydrogen) atoms. The van der Waals surface area contributed by atoms with E-state index < -0.39 is 0 Å². The van der Waals surface area contributed by atoms with Crippen molar-refractivity contribution in [3.63, 3.8) is 0 Å². The molecule has 1 aliphatic rings. The number of amides is 1. The zero-order valence-corrected chi connectivity index (χ0v) is 11.8. The number of rotatable bonds is 4. The molecule has 6 heteroatoms. The average molecular weight is 297 g/mol. The van der Waals surface area contributed by atoms with E-state index in [1.54, 1.807) is 24.3 Å². The standard InChI is InChI=1S/C14H17ClN2O3/c15-10-1-3-11(4-2-10)16-14(18)9-20-13-7-5-12(17-19)6-8-13/h1-4,13,19H,5-9H2,(H,16,18). The summed E-state index contributed by atoms with van der Waals surface area (Å²) in [5.41, 5.74) is 1.50. The number of benzene rings is 1. The molecule has 1 aliphatic carbocycles. The first kappa shape index (κ1) is 14.8. The molecule has 0 saturated heterocycles. The largest absolute Gasteiger partial charge is 0.411 e. The summed E-state index contributed by atoms with van der Waals surface area (Å²) in [5.74, 6) is -0.186. The number of halogens is 1. The Hall–Kier alpha value is -1.59. The summed E-state index contributed by atoms with van der Waals surface area (Å²) in [5, 5.41) is 15.2. The lowest BCUT2D eigenvalue weighted by Gasteiger charge is -2.22. The van der Waals surface area contributed by atoms with Gasteiger partial charge in [-0.2, -0.15) is 0 Å². The van der Waals surface area contributed by atoms with Crippen LogP contribution in [0.1, 0.15) is 25.7 Å². The Kier molecular flexibility index (Phi) is 5.38. The van der Waals surface area contributed by atoms with Gasteiger partial charge in [-0.25, -0.2) is 0 Å². The van der Waals surface area contributed by atoms with Gasteiger partial charge in [0.15, 0.2) is 0 Å². The highest BCUT2D eigenvalue weighted by Crippen LogP contribution is 2.19. The van der Waals surface area contributed by atoms with Gasteiger partial charge in [0, 0.05) is 10.7 Å². The molecule has 0 bridgehead atoms. The minimum Gasteiger partial charge on any atom is -0.411 e. The summed E-state index contributed by atoms with van der Waals surface area (Å²) in [6, 6.07) is 6.92. The van der Waals surface area contributed by atoms with E-state index in [9.17, 15) is 4.79 Å². The molecule has 0 spiro atoms. The number of carbonyl (C=O) groups is 1. The Morgan fingerprint density at radius 1 is 1.35 bits per heavy atom. The Morgan fingerprint density at radius 2 is 2.00 bits per heavy atom. The van der Waals surface area contributed by atoms with E-state index in [1.807, 2.05) is 0 Å². The van der Waals surface area contributed by atoms with Gasteiger partial charge in [-0.05, 0) is 49.9 Å². The number of ether oxygens (including phenoxy) is 1. The van der Waals surface area contributed by atoms with E-state index in [1.165, 1.54) is 0 Å². The summed E-state index contributed by atoms with van der Waals surface area (Å²) >= 11 is 5.77. The van der Waals surface area contributed by atoms with Crippen LogP contribution in [0.5, 0.6) is 0 Å². The van der Waals surface area contributed by atoms with Gasteiger partial charge < -0.3 is 15.3 Å². The van der Waals surface area contributed by atoms with Crippen molar-refractivity contribution in [1.29, 1.82) is 0 Å². The van der Waals surface area contributed by atoms with Crippen molar-refractivity contribution in [3.05, 3.63) is 29.3 Å². The summed E-state index contributed by atoms with van der Waals surface area (Å²) in [6.07, 6.45) is 3.07. The molecule has 1 amide bonds. The van der Waals surface area contributed by atoms with Crippen molar-refractivity contribution in [2.24, 2.45) is 5.16 Å². The van der Waals surface area contributed by atoms with Crippen molar-refractivity contribution in [1.82, 2.24) is 0 Å². The highest BCUT2D eigenvalue weighted by atomic mass is 35.5. The molecule has 0 unspecified atom stereocenters. The first-order chi connectivity index (χ1) is 9.67. The predicted molar refractivity (Wildman–Crippen MR) is 77.5 cm³/mol. The smallest absolute Gasteiger partial charge is 0.250 e. The SMILES string of the molecule is O=C(COC1CCC(=NO)CC1)Nc1ccc(Cl)cc1. The van der Waals surface area contributed by atoms with Crippen LogP contribution in [0.15, 0.2) is 29.4 Å². The van der Waals surface area contributed by atoms with Gasteiger partial charge in [-0.3, -0.25) is 4.79 Å². The summed E-state index contributed by atoms with van der Waals surface area (Å²) in [6.45, 7) is 0.0267. The third-order valence-corrected chi connectivity index (χ3v) is 3.48. The number of nitrogens with one attached hydrogen (secondary N) is 1. The number of nitrogens with zero attached hydrogens (tertiary/aromatic N) is 1. The van der Waals surface area contributed by atoms with E-state index >= 15 is 0 Å².